The summed E-state index contributed by atoms with van der Waals surface area (Å²) in [7, 11) is 1.72. The zero-order valence-corrected chi connectivity index (χ0v) is 7.31. The van der Waals surface area contributed by atoms with Gasteiger partial charge < -0.3 is 11.1 Å². The number of nitrogens with two attached hydrogens (primary N) is 1. The molecule has 0 aliphatic carbocycles. The van der Waals surface area contributed by atoms with Gasteiger partial charge in [-0.3, -0.25) is 0 Å². The Labute approximate surface area is 71.4 Å². The van der Waals surface area contributed by atoms with Gasteiger partial charge >= 0.3 is 0 Å². The van der Waals surface area contributed by atoms with Crippen LogP contribution in [-0.4, -0.2) is 7.05 Å². The topological polar surface area (TPSA) is 40.1 Å². The number of halogens is 1. The second-order valence-electron chi connectivity index (χ2n) is 2.38. The minimum Gasteiger partial charge on any atom is -0.687 e. The molecule has 0 saturated carbocycles. The van der Waals surface area contributed by atoms with Crippen molar-refractivity contribution >= 4 is 23.0 Å². The van der Waals surface area contributed by atoms with Gasteiger partial charge in [-0.05, 0) is 12.5 Å². The second-order valence-corrected chi connectivity index (χ2v) is 2.79. The van der Waals surface area contributed by atoms with Crippen LogP contribution in [-0.2, 0) is 0 Å². The van der Waals surface area contributed by atoms with Crippen LogP contribution in [0.2, 0.25) is 5.02 Å². The summed E-state index contributed by atoms with van der Waals surface area (Å²) in [6.07, 6.45) is 0. The average molecular weight is 170 g/mol. The van der Waals surface area contributed by atoms with E-state index in [9.17, 15) is 0 Å². The Morgan fingerprint density at radius 1 is 1.45 bits per heavy atom. The molecular weight excluding hydrogens is 160 g/mol. The average Bonchev–Trinajstić information content (AvgIpc) is 1.99. The van der Waals surface area contributed by atoms with Gasteiger partial charge in [-0.2, -0.15) is 0 Å². The Balaban J connectivity index is 3.21. The molecule has 3 heteroatoms. The van der Waals surface area contributed by atoms with E-state index in [4.69, 9.17) is 17.3 Å². The van der Waals surface area contributed by atoms with Crippen molar-refractivity contribution in [1.29, 1.82) is 0 Å². The summed E-state index contributed by atoms with van der Waals surface area (Å²) in [5, 5.41) is 4.57. The van der Waals surface area contributed by atoms with E-state index in [1.165, 1.54) is 0 Å². The van der Waals surface area contributed by atoms with Gasteiger partial charge in [0, 0.05) is 0 Å². The third-order valence-corrected chi connectivity index (χ3v) is 1.89. The highest BCUT2D eigenvalue weighted by atomic mass is 35.5. The maximum absolute atomic E-state index is 5.81. The molecule has 2 N–H and O–H groups in total. The third-order valence-electron chi connectivity index (χ3n) is 1.58. The van der Waals surface area contributed by atoms with Gasteiger partial charge in [0.15, 0.2) is 0 Å². The number of anilines is 1. The summed E-state index contributed by atoms with van der Waals surface area (Å²) in [5.41, 5.74) is 8.10. The molecule has 0 bridgehead atoms. The molecule has 0 atom stereocenters. The standard InChI is InChI=1S/C8H10ClN2/c1-5-3-6(11-2)4-7(9)8(5)10/h3-4H,10H2,1-2H3/q-1. The highest BCUT2D eigenvalue weighted by Gasteiger charge is 1.97. The normalized spacial score (nSPS) is 9.73. The molecule has 1 aromatic rings. The van der Waals surface area contributed by atoms with Crippen molar-refractivity contribution in [1.82, 2.24) is 0 Å². The van der Waals surface area contributed by atoms with Crippen LogP contribution >= 0.6 is 11.6 Å². The van der Waals surface area contributed by atoms with E-state index in [0.29, 0.717) is 10.7 Å². The van der Waals surface area contributed by atoms with Gasteiger partial charge in [-0.25, -0.2) is 0 Å². The van der Waals surface area contributed by atoms with Crippen LogP contribution < -0.4 is 5.73 Å². The lowest BCUT2D eigenvalue weighted by atomic mass is 10.2. The first-order valence-corrected chi connectivity index (χ1v) is 3.68. The molecule has 0 saturated heterocycles. The first-order valence-electron chi connectivity index (χ1n) is 3.30. The maximum atomic E-state index is 5.81. The van der Waals surface area contributed by atoms with Crippen LogP contribution in [0.25, 0.3) is 5.32 Å². The zero-order valence-electron chi connectivity index (χ0n) is 6.56. The Kier molecular flexibility index (Phi) is 2.25. The third kappa shape index (κ3) is 1.57. The first kappa shape index (κ1) is 8.21. The van der Waals surface area contributed by atoms with Crippen LogP contribution in [0.5, 0.6) is 0 Å². The lowest BCUT2D eigenvalue weighted by Crippen LogP contribution is -1.89. The van der Waals surface area contributed by atoms with Gasteiger partial charge in [-0.1, -0.05) is 23.7 Å². The van der Waals surface area contributed by atoms with E-state index in [-0.39, 0.29) is 0 Å². The van der Waals surface area contributed by atoms with Crippen molar-refractivity contribution in [3.8, 4) is 0 Å². The number of rotatable bonds is 1. The molecule has 1 rings (SSSR count). The molecule has 60 valence electrons. The minimum atomic E-state index is 0.575. The molecule has 0 heterocycles. The predicted octanol–water partition coefficient (Wildman–Crippen LogP) is 2.87. The summed E-state index contributed by atoms with van der Waals surface area (Å²) >= 11 is 5.81. The van der Waals surface area contributed by atoms with E-state index in [0.717, 1.165) is 11.3 Å². The molecular formula is C8H10ClN2-. The van der Waals surface area contributed by atoms with Crippen LogP contribution in [0.1, 0.15) is 5.56 Å². The summed E-state index contributed by atoms with van der Waals surface area (Å²) in [4.78, 5) is 0. The number of nitrogen functional groups attached to an aromatic ring is 1. The highest BCUT2D eigenvalue weighted by Crippen LogP contribution is 2.29. The summed E-state index contributed by atoms with van der Waals surface area (Å²) < 4.78 is 0. The van der Waals surface area contributed by atoms with Crippen LogP contribution in [0, 0.1) is 6.92 Å². The number of hydrogen-bond donors (Lipinski definition) is 1. The van der Waals surface area contributed by atoms with Gasteiger partial charge in [0.05, 0.1) is 10.7 Å². The molecule has 0 unspecified atom stereocenters. The molecule has 2 nitrogen and oxygen atoms in total. The van der Waals surface area contributed by atoms with E-state index in [1.807, 2.05) is 13.0 Å². The summed E-state index contributed by atoms with van der Waals surface area (Å²) in [5.74, 6) is 0. The summed E-state index contributed by atoms with van der Waals surface area (Å²) in [6.45, 7) is 1.91. The van der Waals surface area contributed by atoms with Crippen molar-refractivity contribution in [3.63, 3.8) is 0 Å². The van der Waals surface area contributed by atoms with Crippen molar-refractivity contribution < 1.29 is 0 Å². The molecule has 0 aliphatic rings. The van der Waals surface area contributed by atoms with Gasteiger partial charge in [0.2, 0.25) is 0 Å². The first-order chi connectivity index (χ1) is 5.15. The smallest absolute Gasteiger partial charge is 0.0625 e. The van der Waals surface area contributed by atoms with Crippen molar-refractivity contribution in [2.45, 2.75) is 6.92 Å². The van der Waals surface area contributed by atoms with E-state index >= 15 is 0 Å². The van der Waals surface area contributed by atoms with E-state index in [2.05, 4.69) is 5.32 Å². The van der Waals surface area contributed by atoms with Gasteiger partial charge in [-0.15, -0.1) is 12.7 Å². The SMILES string of the molecule is C[N-]c1cc(C)c(N)c(Cl)c1. The molecule has 0 aromatic heterocycles. The number of benzene rings is 1. The Hall–Kier alpha value is -0.890. The molecule has 11 heavy (non-hydrogen) atoms. The highest BCUT2D eigenvalue weighted by molar-refractivity contribution is 6.33. The summed E-state index contributed by atoms with van der Waals surface area (Å²) in [6, 6.07) is 3.66. The fourth-order valence-corrected chi connectivity index (χ4v) is 1.13. The van der Waals surface area contributed by atoms with Crippen molar-refractivity contribution in [2.75, 3.05) is 12.8 Å². The quantitative estimate of drug-likeness (QED) is 0.646. The lowest BCUT2D eigenvalue weighted by molar-refractivity contribution is 1.46. The molecule has 0 spiro atoms. The largest absolute Gasteiger partial charge is 0.687 e. The molecule has 0 amide bonds. The molecule has 1 aromatic carbocycles. The minimum absolute atomic E-state index is 0.575. The molecule has 0 aliphatic heterocycles. The lowest BCUT2D eigenvalue weighted by Gasteiger charge is -2.16. The van der Waals surface area contributed by atoms with Crippen LogP contribution in [0.3, 0.4) is 0 Å². The van der Waals surface area contributed by atoms with E-state index in [1.54, 1.807) is 13.1 Å². The maximum Gasteiger partial charge on any atom is 0.0625 e. The fraction of sp³-hybridized carbons (Fsp3) is 0.250. The predicted molar refractivity (Wildman–Crippen MR) is 49.5 cm³/mol. The second kappa shape index (κ2) is 3.01. The van der Waals surface area contributed by atoms with E-state index < -0.39 is 0 Å². The Morgan fingerprint density at radius 3 is 2.55 bits per heavy atom. The van der Waals surface area contributed by atoms with Crippen molar-refractivity contribution in [3.05, 3.63) is 28.0 Å². The van der Waals surface area contributed by atoms with Gasteiger partial charge in [0.1, 0.15) is 0 Å². The molecule has 0 radical (unpaired) electrons. The van der Waals surface area contributed by atoms with Crippen LogP contribution in [0.4, 0.5) is 11.4 Å². The Bertz CT molecular complexity index is 248. The molecule has 0 fully saturated rings. The number of nitrogens with zero attached hydrogens (tertiary/aromatic N) is 1. The fourth-order valence-electron chi connectivity index (χ4n) is 0.866. The Morgan fingerprint density at radius 2 is 2.09 bits per heavy atom. The number of aryl methyl sites for hydroxylation is 1. The zero-order chi connectivity index (χ0) is 8.43. The monoisotopic (exact) mass is 169 g/mol. The van der Waals surface area contributed by atoms with Crippen molar-refractivity contribution in [2.24, 2.45) is 0 Å². The van der Waals surface area contributed by atoms with Gasteiger partial charge in [0.25, 0.3) is 0 Å². The van der Waals surface area contributed by atoms with Crippen LogP contribution in [0.15, 0.2) is 12.1 Å². The number of hydrogen-bond acceptors (Lipinski definition) is 1.